The molecule has 0 saturated heterocycles. The lowest BCUT2D eigenvalue weighted by Crippen LogP contribution is -2.12. The van der Waals surface area contributed by atoms with E-state index < -0.39 is 77.6 Å². The van der Waals surface area contributed by atoms with Crippen molar-refractivity contribution in [2.24, 2.45) is 0 Å². The molecule has 0 spiro atoms. The Morgan fingerprint density at radius 3 is 1.19 bits per heavy atom. The van der Waals surface area contributed by atoms with Crippen LogP contribution in [0.3, 0.4) is 0 Å². The molecule has 2 heterocycles. The number of aromatic nitrogens is 6. The molecule has 0 atom stereocenters. The van der Waals surface area contributed by atoms with Gasteiger partial charge in [0.1, 0.15) is 9.79 Å². The quantitative estimate of drug-likeness (QED) is 0.271. The number of nitrogens with zero attached hydrogens (tertiary/aromatic N) is 6. The second-order valence-corrected chi connectivity index (χ2v) is 8.22. The first-order valence-corrected chi connectivity index (χ1v) is 10.4. The summed E-state index contributed by atoms with van der Waals surface area (Å²) in [5, 5.41) is 3.98. The van der Waals surface area contributed by atoms with Crippen molar-refractivity contribution in [2.45, 2.75) is 9.79 Å². The zero-order valence-corrected chi connectivity index (χ0v) is 16.3. The molecule has 0 fully saturated rings. The number of anilines is 4. The van der Waals surface area contributed by atoms with Crippen LogP contribution in [0.5, 0.6) is 0 Å². The van der Waals surface area contributed by atoms with Gasteiger partial charge in [0, 0.05) is 0 Å². The van der Waals surface area contributed by atoms with Crippen LogP contribution >= 0.6 is 0 Å². The standard InChI is InChI=1S/C12H6F4N8O6S2/c13-7-19-8(14)22-11(21-7)17-3-1-4(18-12-23-9(15)20-10(16)24-12)6(32(28,29)30)2-5(3)31(25,26)27/h1-2H,(H,25,26,27)(H,28,29,30)(H,17,19,21,22)(H,18,20,23,24). The van der Waals surface area contributed by atoms with Crippen molar-refractivity contribution in [3.63, 3.8) is 0 Å². The fourth-order valence-electron chi connectivity index (χ4n) is 2.19. The minimum Gasteiger partial charge on any atom is -0.323 e. The molecule has 0 bridgehead atoms. The van der Waals surface area contributed by atoms with Crippen molar-refractivity contribution < 1.29 is 43.5 Å². The topological polar surface area (TPSA) is 210 Å². The maximum Gasteiger partial charge on any atom is 0.315 e. The van der Waals surface area contributed by atoms with E-state index in [-0.39, 0.29) is 6.07 Å². The number of nitrogens with one attached hydrogen (secondary N) is 2. The highest BCUT2D eigenvalue weighted by molar-refractivity contribution is 7.86. The van der Waals surface area contributed by atoms with Crippen molar-refractivity contribution in [1.29, 1.82) is 0 Å². The Hall–Kier alpha value is -3.62. The fourth-order valence-corrected chi connectivity index (χ4v) is 3.57. The molecule has 1 aromatic carbocycles. The van der Waals surface area contributed by atoms with Crippen molar-refractivity contribution in [2.75, 3.05) is 10.6 Å². The van der Waals surface area contributed by atoms with E-state index in [0.29, 0.717) is 6.07 Å². The van der Waals surface area contributed by atoms with E-state index in [1.807, 2.05) is 10.6 Å². The van der Waals surface area contributed by atoms with Crippen LogP contribution in [0.2, 0.25) is 0 Å². The zero-order chi connectivity index (χ0) is 23.8. The van der Waals surface area contributed by atoms with Gasteiger partial charge < -0.3 is 10.6 Å². The smallest absolute Gasteiger partial charge is 0.315 e. The van der Waals surface area contributed by atoms with E-state index in [4.69, 9.17) is 0 Å². The normalized spacial score (nSPS) is 11.9. The molecule has 20 heteroatoms. The zero-order valence-electron chi connectivity index (χ0n) is 14.7. The predicted octanol–water partition coefficient (Wildman–Crippen LogP) is 0.594. The number of hydrogen-bond acceptors (Lipinski definition) is 12. The van der Waals surface area contributed by atoms with Crippen LogP contribution in [-0.2, 0) is 20.2 Å². The summed E-state index contributed by atoms with van der Waals surface area (Å²) >= 11 is 0. The molecule has 14 nitrogen and oxygen atoms in total. The molecule has 0 amide bonds. The largest absolute Gasteiger partial charge is 0.323 e. The Balaban J connectivity index is 2.23. The summed E-state index contributed by atoms with van der Waals surface area (Å²) < 4.78 is 118. The molecule has 170 valence electrons. The number of halogens is 4. The number of rotatable bonds is 6. The summed E-state index contributed by atoms with van der Waals surface area (Å²) in [5.74, 6) is -1.86. The van der Waals surface area contributed by atoms with Crippen LogP contribution in [0.25, 0.3) is 0 Å². The van der Waals surface area contributed by atoms with E-state index in [0.717, 1.165) is 0 Å². The first-order chi connectivity index (χ1) is 14.7. The highest BCUT2D eigenvalue weighted by atomic mass is 32.2. The van der Waals surface area contributed by atoms with E-state index >= 15 is 0 Å². The van der Waals surface area contributed by atoms with Crippen molar-refractivity contribution >= 4 is 43.5 Å². The first-order valence-electron chi connectivity index (χ1n) is 7.53. The maximum atomic E-state index is 13.2. The molecular weight excluding hydrogens is 492 g/mol. The number of benzene rings is 1. The van der Waals surface area contributed by atoms with Crippen molar-refractivity contribution in [1.82, 2.24) is 29.9 Å². The Morgan fingerprint density at radius 2 is 0.906 bits per heavy atom. The Bertz CT molecular complexity index is 1290. The predicted molar refractivity (Wildman–Crippen MR) is 92.1 cm³/mol. The Kier molecular flexibility index (Phi) is 5.86. The highest BCUT2D eigenvalue weighted by Crippen LogP contribution is 2.34. The van der Waals surface area contributed by atoms with Gasteiger partial charge in [0.2, 0.25) is 11.9 Å². The molecule has 0 aliphatic carbocycles. The van der Waals surface area contributed by atoms with Crippen LogP contribution in [0.4, 0.5) is 40.8 Å². The van der Waals surface area contributed by atoms with Crippen LogP contribution in [0.15, 0.2) is 21.9 Å². The summed E-state index contributed by atoms with van der Waals surface area (Å²) in [7, 11) is -10.5. The van der Waals surface area contributed by atoms with Gasteiger partial charge in [0.05, 0.1) is 11.4 Å². The van der Waals surface area contributed by atoms with Gasteiger partial charge >= 0.3 is 24.3 Å². The molecule has 3 rings (SSSR count). The highest BCUT2D eigenvalue weighted by Gasteiger charge is 2.26. The van der Waals surface area contributed by atoms with Crippen molar-refractivity contribution in [3.05, 3.63) is 36.4 Å². The van der Waals surface area contributed by atoms with Gasteiger partial charge in [-0.15, -0.1) is 0 Å². The molecule has 2 aromatic heterocycles. The van der Waals surface area contributed by atoms with Crippen LogP contribution < -0.4 is 10.6 Å². The van der Waals surface area contributed by atoms with E-state index in [2.05, 4.69) is 29.9 Å². The van der Waals surface area contributed by atoms with Gasteiger partial charge in [-0.1, -0.05) is 0 Å². The van der Waals surface area contributed by atoms with E-state index in [1.165, 1.54) is 0 Å². The third-order valence-electron chi connectivity index (χ3n) is 3.29. The summed E-state index contributed by atoms with van der Waals surface area (Å²) in [6.45, 7) is 0. The van der Waals surface area contributed by atoms with Gasteiger partial charge in [0.25, 0.3) is 20.2 Å². The summed E-state index contributed by atoms with van der Waals surface area (Å²) in [4.78, 5) is 14.8. The second kappa shape index (κ2) is 8.14. The molecule has 0 aliphatic heterocycles. The summed E-state index contributed by atoms with van der Waals surface area (Å²) in [5.41, 5.74) is -1.61. The summed E-state index contributed by atoms with van der Waals surface area (Å²) in [6, 6.07) is 0.739. The molecule has 0 radical (unpaired) electrons. The molecule has 4 N–H and O–H groups in total. The van der Waals surface area contributed by atoms with Gasteiger partial charge in [-0.25, -0.2) is 0 Å². The lowest BCUT2D eigenvalue weighted by Gasteiger charge is -2.15. The van der Waals surface area contributed by atoms with Gasteiger partial charge in [-0.2, -0.15) is 64.3 Å². The van der Waals surface area contributed by atoms with Gasteiger partial charge in [-0.3, -0.25) is 9.11 Å². The molecule has 3 aromatic rings. The Labute approximate surface area is 174 Å². The molecule has 0 saturated carbocycles. The lowest BCUT2D eigenvalue weighted by molar-refractivity contribution is 0.457. The third kappa shape index (κ3) is 5.35. The van der Waals surface area contributed by atoms with E-state index in [1.54, 1.807) is 0 Å². The maximum absolute atomic E-state index is 13.2. The molecular formula is C12H6F4N8O6S2. The number of hydrogen-bond donors (Lipinski definition) is 4. The average molecular weight is 498 g/mol. The minimum absolute atomic E-state index is 0.205. The fraction of sp³-hybridized carbons (Fsp3) is 0. The SMILES string of the molecule is O=S(=O)(O)c1cc(S(=O)(=O)O)c(Nc2nc(F)nc(F)n2)cc1Nc1nc(F)nc(F)n1. The Morgan fingerprint density at radius 1 is 0.594 bits per heavy atom. The summed E-state index contributed by atoms with van der Waals surface area (Å²) in [6.07, 6.45) is -6.51. The van der Waals surface area contributed by atoms with Crippen LogP contribution in [0, 0.1) is 24.3 Å². The van der Waals surface area contributed by atoms with Crippen LogP contribution in [0.1, 0.15) is 0 Å². The average Bonchev–Trinajstić information content (AvgIpc) is 2.57. The van der Waals surface area contributed by atoms with Crippen LogP contribution in [-0.4, -0.2) is 55.8 Å². The monoisotopic (exact) mass is 498 g/mol. The second-order valence-electron chi connectivity index (χ2n) is 5.44. The molecule has 0 aliphatic rings. The van der Waals surface area contributed by atoms with E-state index in [9.17, 15) is 43.5 Å². The minimum atomic E-state index is -5.25. The first kappa shape index (κ1) is 23.1. The van der Waals surface area contributed by atoms with Gasteiger partial charge in [-0.05, 0) is 12.1 Å². The third-order valence-corrected chi connectivity index (χ3v) is 5.08. The van der Waals surface area contributed by atoms with Crippen molar-refractivity contribution in [3.8, 4) is 0 Å². The molecule has 0 unspecified atom stereocenters. The van der Waals surface area contributed by atoms with Gasteiger partial charge in [0.15, 0.2) is 0 Å². The molecule has 32 heavy (non-hydrogen) atoms. The lowest BCUT2D eigenvalue weighted by atomic mass is 10.2.